The number of anilines is 2. The Balaban J connectivity index is 2.42. The third-order valence-electron chi connectivity index (χ3n) is 2.53. The molecule has 5 nitrogen and oxygen atoms in total. The van der Waals surface area contributed by atoms with E-state index >= 15 is 0 Å². The fourth-order valence-corrected chi connectivity index (χ4v) is 4.16. The summed E-state index contributed by atoms with van der Waals surface area (Å²) >= 11 is 6.89. The molecule has 1 heterocycles. The van der Waals surface area contributed by atoms with Crippen LogP contribution in [-0.2, 0) is 10.0 Å². The van der Waals surface area contributed by atoms with Gasteiger partial charge in [-0.15, -0.1) is 0 Å². The normalized spacial score (nSPS) is 11.5. The summed E-state index contributed by atoms with van der Waals surface area (Å²) in [6, 6.07) is 5.03. The van der Waals surface area contributed by atoms with E-state index in [-0.39, 0.29) is 9.34 Å². The first-order chi connectivity index (χ1) is 8.81. The molecule has 0 unspecified atom stereocenters. The molecule has 1 aromatic heterocycles. The van der Waals surface area contributed by atoms with Gasteiger partial charge in [0.15, 0.2) is 9.34 Å². The van der Waals surface area contributed by atoms with Gasteiger partial charge in [0.25, 0.3) is 10.0 Å². The van der Waals surface area contributed by atoms with Gasteiger partial charge in [-0.3, -0.25) is 4.72 Å². The van der Waals surface area contributed by atoms with Crippen molar-refractivity contribution in [3.63, 3.8) is 0 Å². The number of nitrogen functional groups attached to an aromatic ring is 1. The molecular formula is C11H12ClN3O2S2. The highest BCUT2D eigenvalue weighted by molar-refractivity contribution is 7.94. The average molecular weight is 318 g/mol. The fraction of sp³-hybridized carbons (Fsp3) is 0.182. The van der Waals surface area contributed by atoms with Gasteiger partial charge in [-0.25, -0.2) is 13.4 Å². The summed E-state index contributed by atoms with van der Waals surface area (Å²) in [7, 11) is -3.70. The third-order valence-corrected chi connectivity index (χ3v) is 5.90. The molecule has 0 radical (unpaired) electrons. The zero-order valence-corrected chi connectivity index (χ0v) is 12.7. The maximum Gasteiger partial charge on any atom is 0.273 e. The molecule has 0 aliphatic rings. The number of thiazole rings is 1. The van der Waals surface area contributed by atoms with Crippen LogP contribution in [0.5, 0.6) is 0 Å². The van der Waals surface area contributed by atoms with Gasteiger partial charge in [0.2, 0.25) is 0 Å². The van der Waals surface area contributed by atoms with Gasteiger partial charge in [0.05, 0.1) is 11.4 Å². The topological polar surface area (TPSA) is 85.1 Å². The van der Waals surface area contributed by atoms with Crippen LogP contribution in [0.15, 0.2) is 22.4 Å². The van der Waals surface area contributed by atoms with E-state index in [1.54, 1.807) is 32.0 Å². The number of aromatic nitrogens is 1. The van der Waals surface area contributed by atoms with Crippen LogP contribution in [0.2, 0.25) is 5.02 Å². The number of benzene rings is 1. The van der Waals surface area contributed by atoms with Crippen LogP contribution in [0.4, 0.5) is 10.8 Å². The van der Waals surface area contributed by atoms with E-state index < -0.39 is 10.0 Å². The summed E-state index contributed by atoms with van der Waals surface area (Å²) in [5.41, 5.74) is 7.01. The molecule has 8 heteroatoms. The Hall–Kier alpha value is -1.31. The van der Waals surface area contributed by atoms with Crippen molar-refractivity contribution in [2.45, 2.75) is 18.1 Å². The number of hydrogen-bond donors (Lipinski definition) is 2. The number of halogens is 1. The van der Waals surface area contributed by atoms with Gasteiger partial charge in [-0.2, -0.15) is 0 Å². The Bertz CT molecular complexity index is 726. The first kappa shape index (κ1) is 14.1. The minimum Gasteiger partial charge on any atom is -0.375 e. The number of aryl methyl sites for hydroxylation is 1. The summed E-state index contributed by atoms with van der Waals surface area (Å²) in [6.07, 6.45) is 0. The lowest BCUT2D eigenvalue weighted by Gasteiger charge is -2.10. The van der Waals surface area contributed by atoms with Crippen molar-refractivity contribution >= 4 is 43.8 Å². The van der Waals surface area contributed by atoms with Crippen LogP contribution in [0, 0.1) is 13.8 Å². The van der Waals surface area contributed by atoms with E-state index in [4.69, 9.17) is 17.3 Å². The van der Waals surface area contributed by atoms with Gasteiger partial charge in [-0.05, 0) is 31.5 Å². The largest absolute Gasteiger partial charge is 0.375 e. The summed E-state index contributed by atoms with van der Waals surface area (Å²) < 4.78 is 27.1. The van der Waals surface area contributed by atoms with Gasteiger partial charge in [0.1, 0.15) is 0 Å². The Morgan fingerprint density at radius 1 is 1.37 bits per heavy atom. The SMILES string of the molecule is Cc1nc(N)sc1S(=O)(=O)Nc1cccc(Cl)c1C. The van der Waals surface area contributed by atoms with E-state index in [9.17, 15) is 8.42 Å². The molecule has 0 atom stereocenters. The van der Waals surface area contributed by atoms with Crippen molar-refractivity contribution in [2.24, 2.45) is 0 Å². The number of nitrogens with two attached hydrogens (primary N) is 1. The highest BCUT2D eigenvalue weighted by Gasteiger charge is 2.22. The molecule has 1 aromatic carbocycles. The van der Waals surface area contributed by atoms with Crippen LogP contribution in [0.25, 0.3) is 0 Å². The molecule has 2 rings (SSSR count). The molecule has 0 fully saturated rings. The quantitative estimate of drug-likeness (QED) is 0.911. The molecular weight excluding hydrogens is 306 g/mol. The minimum absolute atomic E-state index is 0.115. The Labute approximate surface area is 120 Å². The molecule has 0 saturated heterocycles. The summed E-state index contributed by atoms with van der Waals surface area (Å²) in [6.45, 7) is 3.35. The number of hydrogen-bond acceptors (Lipinski definition) is 5. The van der Waals surface area contributed by atoms with Crippen molar-refractivity contribution in [3.05, 3.63) is 34.5 Å². The number of sulfonamides is 1. The second kappa shape index (κ2) is 4.99. The van der Waals surface area contributed by atoms with Crippen molar-refractivity contribution in [3.8, 4) is 0 Å². The predicted molar refractivity (Wildman–Crippen MR) is 78.3 cm³/mol. The first-order valence-corrected chi connectivity index (χ1v) is 8.00. The molecule has 2 aromatic rings. The van der Waals surface area contributed by atoms with Crippen LogP contribution in [0.3, 0.4) is 0 Å². The highest BCUT2D eigenvalue weighted by atomic mass is 35.5. The minimum atomic E-state index is -3.70. The highest BCUT2D eigenvalue weighted by Crippen LogP contribution is 2.29. The van der Waals surface area contributed by atoms with Crippen molar-refractivity contribution < 1.29 is 8.42 Å². The van der Waals surface area contributed by atoms with E-state index in [1.807, 2.05) is 0 Å². The van der Waals surface area contributed by atoms with Crippen LogP contribution >= 0.6 is 22.9 Å². The van der Waals surface area contributed by atoms with Crippen molar-refractivity contribution in [1.29, 1.82) is 0 Å². The van der Waals surface area contributed by atoms with Crippen molar-refractivity contribution in [1.82, 2.24) is 4.98 Å². The standard InChI is InChI=1S/C11H12ClN3O2S2/c1-6-8(12)4-3-5-9(6)15-19(16,17)10-7(2)14-11(13)18-10/h3-5,15H,1-2H3,(H2,13,14). The fourth-order valence-electron chi connectivity index (χ4n) is 1.56. The zero-order chi connectivity index (χ0) is 14.2. The monoisotopic (exact) mass is 317 g/mol. The molecule has 0 amide bonds. The molecule has 0 bridgehead atoms. The summed E-state index contributed by atoms with van der Waals surface area (Å²) in [5.74, 6) is 0. The van der Waals surface area contributed by atoms with E-state index in [0.717, 1.165) is 11.3 Å². The van der Waals surface area contributed by atoms with Crippen LogP contribution < -0.4 is 10.5 Å². The Kier molecular flexibility index (Phi) is 3.71. The molecule has 0 aliphatic carbocycles. The molecule has 0 aliphatic heterocycles. The van der Waals surface area contributed by atoms with E-state index in [2.05, 4.69) is 9.71 Å². The molecule has 19 heavy (non-hydrogen) atoms. The van der Waals surface area contributed by atoms with Crippen LogP contribution in [0.1, 0.15) is 11.3 Å². The maximum atomic E-state index is 12.3. The summed E-state index contributed by atoms with van der Waals surface area (Å²) in [5, 5.41) is 0.724. The maximum absolute atomic E-state index is 12.3. The lowest BCUT2D eigenvalue weighted by Crippen LogP contribution is -2.13. The molecule has 102 valence electrons. The van der Waals surface area contributed by atoms with Gasteiger partial charge >= 0.3 is 0 Å². The number of nitrogens with one attached hydrogen (secondary N) is 1. The predicted octanol–water partition coefficient (Wildman–Crippen LogP) is 2.80. The van der Waals surface area contributed by atoms with Crippen molar-refractivity contribution in [2.75, 3.05) is 10.5 Å². The lowest BCUT2D eigenvalue weighted by atomic mass is 10.2. The molecule has 0 saturated carbocycles. The number of nitrogens with zero attached hydrogens (tertiary/aromatic N) is 1. The lowest BCUT2D eigenvalue weighted by molar-refractivity contribution is 0.602. The summed E-state index contributed by atoms with van der Waals surface area (Å²) in [4.78, 5) is 3.91. The second-order valence-electron chi connectivity index (χ2n) is 3.94. The first-order valence-electron chi connectivity index (χ1n) is 5.32. The van der Waals surface area contributed by atoms with Gasteiger partial charge < -0.3 is 5.73 Å². The molecule has 3 N–H and O–H groups in total. The second-order valence-corrected chi connectivity index (χ2v) is 7.26. The van der Waals surface area contributed by atoms with Crippen LogP contribution in [-0.4, -0.2) is 13.4 Å². The average Bonchev–Trinajstić information content (AvgIpc) is 2.65. The smallest absolute Gasteiger partial charge is 0.273 e. The van der Waals surface area contributed by atoms with E-state index in [1.165, 1.54) is 0 Å². The third kappa shape index (κ3) is 2.83. The Morgan fingerprint density at radius 3 is 2.63 bits per heavy atom. The molecule has 0 spiro atoms. The zero-order valence-electron chi connectivity index (χ0n) is 10.3. The van der Waals surface area contributed by atoms with Gasteiger partial charge in [-0.1, -0.05) is 29.0 Å². The van der Waals surface area contributed by atoms with E-state index in [0.29, 0.717) is 22.0 Å². The number of rotatable bonds is 3. The van der Waals surface area contributed by atoms with Gasteiger partial charge in [0, 0.05) is 5.02 Å². The Morgan fingerprint density at radius 2 is 2.05 bits per heavy atom.